The predicted molar refractivity (Wildman–Crippen MR) is 63.8 cm³/mol. The van der Waals surface area contributed by atoms with Crippen molar-refractivity contribution in [3.63, 3.8) is 0 Å². The number of nitrogens with two attached hydrogens (primary N) is 1. The van der Waals surface area contributed by atoms with Crippen LogP contribution < -0.4 is 5.73 Å². The molecule has 1 aromatic heterocycles. The van der Waals surface area contributed by atoms with Crippen LogP contribution in [0.4, 0.5) is 0 Å². The first kappa shape index (κ1) is 12.0. The van der Waals surface area contributed by atoms with Gasteiger partial charge in [0.2, 0.25) is 0 Å². The number of nitrogen functional groups attached to an aromatic ring is 1. The third-order valence-corrected chi connectivity index (χ3v) is 2.75. The van der Waals surface area contributed by atoms with Crippen LogP contribution in [0, 0.1) is 11.3 Å². The molecule has 2 rings (SSSR count). The summed E-state index contributed by atoms with van der Waals surface area (Å²) in [5, 5.41) is 7.30. The summed E-state index contributed by atoms with van der Waals surface area (Å²) in [6.45, 7) is 2.89. The topological polar surface area (TPSA) is 81.2 Å². The molecule has 0 aliphatic carbocycles. The number of hydrogen-bond acceptors (Lipinski definition) is 4. The molecule has 5 heteroatoms. The normalized spacial score (nSPS) is 19.4. The van der Waals surface area contributed by atoms with Gasteiger partial charge in [0.1, 0.15) is 11.5 Å². The third-order valence-electron chi connectivity index (χ3n) is 2.75. The van der Waals surface area contributed by atoms with Gasteiger partial charge in [-0.1, -0.05) is 0 Å². The van der Waals surface area contributed by atoms with Gasteiger partial charge in [-0.15, -0.1) is 0 Å². The molecule has 1 fully saturated rings. The van der Waals surface area contributed by atoms with Gasteiger partial charge in [-0.2, -0.15) is 0 Å². The quantitative estimate of drug-likeness (QED) is 0.587. The standard InChI is InChI=1S/C12H17N3O2/c13-12(14)11-5-9(1-3-15-11)6-17-8-10-2-4-16-7-10/h1,3,5,10H,2,4,6-8H2,(H3,13,14). The lowest BCUT2D eigenvalue weighted by Gasteiger charge is -2.09. The number of hydrogen-bond donors (Lipinski definition) is 2. The molecule has 1 aliphatic heterocycles. The number of pyridine rings is 1. The molecule has 1 saturated heterocycles. The molecule has 5 nitrogen and oxygen atoms in total. The summed E-state index contributed by atoms with van der Waals surface area (Å²) in [4.78, 5) is 4.00. The van der Waals surface area contributed by atoms with Crippen LogP contribution in [-0.4, -0.2) is 30.6 Å². The molecule has 92 valence electrons. The van der Waals surface area contributed by atoms with E-state index in [2.05, 4.69) is 4.98 Å². The Hall–Kier alpha value is -1.46. The number of nitrogens with one attached hydrogen (secondary N) is 1. The average molecular weight is 235 g/mol. The van der Waals surface area contributed by atoms with Gasteiger partial charge in [0.25, 0.3) is 0 Å². The molecule has 3 N–H and O–H groups in total. The first-order valence-electron chi connectivity index (χ1n) is 5.70. The van der Waals surface area contributed by atoms with E-state index in [1.165, 1.54) is 0 Å². The second-order valence-electron chi connectivity index (χ2n) is 4.21. The van der Waals surface area contributed by atoms with Gasteiger partial charge in [-0.05, 0) is 24.1 Å². The maximum atomic E-state index is 7.30. The molecule has 0 bridgehead atoms. The van der Waals surface area contributed by atoms with Crippen LogP contribution >= 0.6 is 0 Å². The van der Waals surface area contributed by atoms with Gasteiger partial charge >= 0.3 is 0 Å². The Balaban J connectivity index is 1.81. The second-order valence-corrected chi connectivity index (χ2v) is 4.21. The molecule has 0 spiro atoms. The highest BCUT2D eigenvalue weighted by Crippen LogP contribution is 2.13. The Labute approximate surface area is 100 Å². The van der Waals surface area contributed by atoms with E-state index in [-0.39, 0.29) is 5.84 Å². The van der Waals surface area contributed by atoms with Crippen LogP contribution in [-0.2, 0) is 16.1 Å². The zero-order valence-electron chi connectivity index (χ0n) is 9.69. The van der Waals surface area contributed by atoms with E-state index in [4.69, 9.17) is 20.6 Å². The van der Waals surface area contributed by atoms with Crippen molar-refractivity contribution >= 4 is 5.84 Å². The maximum absolute atomic E-state index is 7.30. The van der Waals surface area contributed by atoms with Crippen molar-refractivity contribution in [3.8, 4) is 0 Å². The van der Waals surface area contributed by atoms with E-state index < -0.39 is 0 Å². The monoisotopic (exact) mass is 235 g/mol. The predicted octanol–water partition coefficient (Wildman–Crippen LogP) is 0.919. The van der Waals surface area contributed by atoms with Crippen LogP contribution in [0.25, 0.3) is 0 Å². The third kappa shape index (κ3) is 3.51. The van der Waals surface area contributed by atoms with Gasteiger partial charge in [0.05, 0.1) is 19.8 Å². The molecule has 1 atom stereocenters. The average Bonchev–Trinajstić information content (AvgIpc) is 2.82. The summed E-state index contributed by atoms with van der Waals surface area (Å²) in [6.07, 6.45) is 2.73. The minimum absolute atomic E-state index is 0.0176. The van der Waals surface area contributed by atoms with Gasteiger partial charge < -0.3 is 15.2 Å². The van der Waals surface area contributed by atoms with Crippen LogP contribution in [0.15, 0.2) is 18.3 Å². The van der Waals surface area contributed by atoms with Crippen molar-refractivity contribution in [1.29, 1.82) is 5.41 Å². The highest BCUT2D eigenvalue weighted by atomic mass is 16.5. The molecule has 0 radical (unpaired) electrons. The minimum Gasteiger partial charge on any atom is -0.382 e. The van der Waals surface area contributed by atoms with Crippen LogP contribution in [0.5, 0.6) is 0 Å². The molecule has 1 aromatic rings. The highest BCUT2D eigenvalue weighted by molar-refractivity contribution is 5.93. The zero-order valence-corrected chi connectivity index (χ0v) is 9.69. The summed E-state index contributed by atoms with van der Waals surface area (Å²) in [5.74, 6) is 0.500. The fraction of sp³-hybridized carbons (Fsp3) is 0.500. The maximum Gasteiger partial charge on any atom is 0.141 e. The van der Waals surface area contributed by atoms with E-state index in [0.717, 1.165) is 31.8 Å². The first-order valence-corrected chi connectivity index (χ1v) is 5.70. The lowest BCUT2D eigenvalue weighted by Crippen LogP contribution is -2.14. The van der Waals surface area contributed by atoms with Crippen molar-refractivity contribution < 1.29 is 9.47 Å². The highest BCUT2D eigenvalue weighted by Gasteiger charge is 2.15. The van der Waals surface area contributed by atoms with Crippen LogP contribution in [0.3, 0.4) is 0 Å². The molecule has 1 unspecified atom stereocenters. The van der Waals surface area contributed by atoms with Gasteiger partial charge in [-0.25, -0.2) is 0 Å². The number of nitrogens with zero attached hydrogens (tertiary/aromatic N) is 1. The van der Waals surface area contributed by atoms with Crippen molar-refractivity contribution in [3.05, 3.63) is 29.6 Å². The van der Waals surface area contributed by atoms with E-state index in [9.17, 15) is 0 Å². The van der Waals surface area contributed by atoms with Gasteiger partial charge in [0, 0.05) is 18.7 Å². The summed E-state index contributed by atoms with van der Waals surface area (Å²) in [7, 11) is 0. The molecule has 0 amide bonds. The van der Waals surface area contributed by atoms with E-state index in [0.29, 0.717) is 18.2 Å². The molecular formula is C12H17N3O2. The van der Waals surface area contributed by atoms with Crippen molar-refractivity contribution in [2.75, 3.05) is 19.8 Å². The van der Waals surface area contributed by atoms with Crippen molar-refractivity contribution in [2.45, 2.75) is 13.0 Å². The lowest BCUT2D eigenvalue weighted by atomic mass is 10.1. The van der Waals surface area contributed by atoms with E-state index >= 15 is 0 Å². The van der Waals surface area contributed by atoms with Crippen molar-refractivity contribution in [1.82, 2.24) is 4.98 Å². The summed E-state index contributed by atoms with van der Waals surface area (Å²) in [5.41, 5.74) is 6.86. The summed E-state index contributed by atoms with van der Waals surface area (Å²) < 4.78 is 10.9. The molecule has 0 saturated carbocycles. The Kier molecular flexibility index (Phi) is 4.06. The SMILES string of the molecule is N=C(N)c1cc(COCC2CCOC2)ccn1. The van der Waals surface area contributed by atoms with Crippen LogP contribution in [0.2, 0.25) is 0 Å². The minimum atomic E-state index is -0.0176. The fourth-order valence-corrected chi connectivity index (χ4v) is 1.77. The number of amidine groups is 1. The molecule has 2 heterocycles. The van der Waals surface area contributed by atoms with Crippen molar-refractivity contribution in [2.24, 2.45) is 11.7 Å². The Morgan fingerprint density at radius 2 is 2.53 bits per heavy atom. The van der Waals surface area contributed by atoms with Gasteiger partial charge in [-0.3, -0.25) is 10.4 Å². The Bertz CT molecular complexity index is 389. The van der Waals surface area contributed by atoms with E-state index in [1.807, 2.05) is 6.07 Å². The number of ether oxygens (including phenoxy) is 2. The molecule has 17 heavy (non-hydrogen) atoms. The summed E-state index contributed by atoms with van der Waals surface area (Å²) in [6, 6.07) is 3.66. The first-order chi connectivity index (χ1) is 8.25. The smallest absolute Gasteiger partial charge is 0.141 e. The lowest BCUT2D eigenvalue weighted by molar-refractivity contribution is 0.0791. The Morgan fingerprint density at radius 3 is 3.24 bits per heavy atom. The zero-order chi connectivity index (χ0) is 12.1. The van der Waals surface area contributed by atoms with E-state index in [1.54, 1.807) is 12.3 Å². The van der Waals surface area contributed by atoms with Crippen LogP contribution in [0.1, 0.15) is 17.7 Å². The molecular weight excluding hydrogens is 218 g/mol. The molecule has 0 aromatic carbocycles. The second kappa shape index (κ2) is 5.75. The molecule has 1 aliphatic rings. The number of aromatic nitrogens is 1. The number of rotatable bonds is 5. The fourth-order valence-electron chi connectivity index (χ4n) is 1.77. The summed E-state index contributed by atoms with van der Waals surface area (Å²) >= 11 is 0. The largest absolute Gasteiger partial charge is 0.382 e. The van der Waals surface area contributed by atoms with Gasteiger partial charge in [0.15, 0.2) is 0 Å². The Morgan fingerprint density at radius 1 is 1.65 bits per heavy atom.